The molecule has 1 rings (SSSR count). The molecular weight excluding hydrogens is 287 g/mol. The van der Waals surface area contributed by atoms with E-state index in [1.54, 1.807) is 11.8 Å². The van der Waals surface area contributed by atoms with Crippen molar-refractivity contribution in [3.05, 3.63) is 23.5 Å². The second-order valence-electron chi connectivity index (χ2n) is 4.45. The summed E-state index contributed by atoms with van der Waals surface area (Å²) in [5, 5.41) is 0. The number of benzene rings is 1. The van der Waals surface area contributed by atoms with Gasteiger partial charge in [0, 0.05) is 30.1 Å². The molecule has 0 aliphatic heterocycles. The number of halogens is 1. The van der Waals surface area contributed by atoms with Crippen molar-refractivity contribution in [1.29, 1.82) is 0 Å². The smallest absolute Gasteiger partial charge is 0.243 e. The van der Waals surface area contributed by atoms with Crippen molar-refractivity contribution in [2.75, 3.05) is 24.8 Å². The molecule has 0 aromatic heterocycles. The van der Waals surface area contributed by atoms with Gasteiger partial charge in [0.2, 0.25) is 10.0 Å². The summed E-state index contributed by atoms with van der Waals surface area (Å²) in [6, 6.07) is 2.25. The Hall–Kier alpha value is -0.790. The van der Waals surface area contributed by atoms with E-state index in [9.17, 15) is 12.8 Å². The average Bonchev–Trinajstić information content (AvgIpc) is 2.32. The molecule has 0 saturated heterocycles. The number of nitrogen functional groups attached to an aromatic ring is 1. The molecule has 1 aromatic carbocycles. The minimum absolute atomic E-state index is 0.0690. The Morgan fingerprint density at radius 3 is 2.58 bits per heavy atom. The maximum atomic E-state index is 13.6. The van der Waals surface area contributed by atoms with Crippen LogP contribution in [0.25, 0.3) is 0 Å². The van der Waals surface area contributed by atoms with Gasteiger partial charge in [0.1, 0.15) is 5.82 Å². The van der Waals surface area contributed by atoms with Gasteiger partial charge < -0.3 is 5.73 Å². The predicted molar refractivity (Wildman–Crippen MR) is 78.3 cm³/mol. The number of sulfonamides is 1. The Bertz CT molecular complexity index is 561. The van der Waals surface area contributed by atoms with Gasteiger partial charge in [-0.05, 0) is 32.2 Å². The first kappa shape index (κ1) is 16.3. The Morgan fingerprint density at radius 2 is 2.05 bits per heavy atom. The summed E-state index contributed by atoms with van der Waals surface area (Å²) in [5.74, 6) is 0.0593. The van der Waals surface area contributed by atoms with E-state index in [2.05, 4.69) is 0 Å². The molecule has 19 heavy (non-hydrogen) atoms. The molecule has 0 radical (unpaired) electrons. The molecule has 1 atom stereocenters. The third-order valence-corrected chi connectivity index (χ3v) is 5.92. The van der Waals surface area contributed by atoms with Gasteiger partial charge in [-0.25, -0.2) is 12.8 Å². The SMILES string of the molecule is CSCC(C)N(C)S(=O)(=O)c1cc(N)cc(F)c1C. The number of rotatable bonds is 5. The maximum Gasteiger partial charge on any atom is 0.243 e. The maximum absolute atomic E-state index is 13.6. The van der Waals surface area contributed by atoms with Crippen LogP contribution in [-0.4, -0.2) is 37.8 Å². The first-order chi connectivity index (χ1) is 8.71. The summed E-state index contributed by atoms with van der Waals surface area (Å²) in [7, 11) is -2.24. The number of hydrogen-bond acceptors (Lipinski definition) is 4. The average molecular weight is 306 g/mol. The van der Waals surface area contributed by atoms with Crippen molar-refractivity contribution in [1.82, 2.24) is 4.31 Å². The Labute approximate surface area is 118 Å². The molecular formula is C12H19FN2O2S2. The van der Waals surface area contributed by atoms with E-state index >= 15 is 0 Å². The zero-order valence-electron chi connectivity index (χ0n) is 11.5. The van der Waals surface area contributed by atoms with Crippen molar-refractivity contribution in [3.63, 3.8) is 0 Å². The monoisotopic (exact) mass is 306 g/mol. The van der Waals surface area contributed by atoms with E-state index in [-0.39, 0.29) is 22.2 Å². The van der Waals surface area contributed by atoms with E-state index < -0.39 is 15.8 Å². The molecule has 0 bridgehead atoms. The van der Waals surface area contributed by atoms with Crippen molar-refractivity contribution in [3.8, 4) is 0 Å². The second kappa shape index (κ2) is 6.11. The summed E-state index contributed by atoms with van der Waals surface area (Å²) >= 11 is 1.55. The number of thioether (sulfide) groups is 1. The molecule has 0 amide bonds. The van der Waals surface area contributed by atoms with E-state index in [0.717, 1.165) is 6.07 Å². The first-order valence-electron chi connectivity index (χ1n) is 5.74. The lowest BCUT2D eigenvalue weighted by Gasteiger charge is -2.24. The molecule has 0 aliphatic rings. The van der Waals surface area contributed by atoms with Gasteiger partial charge in [0.25, 0.3) is 0 Å². The van der Waals surface area contributed by atoms with Crippen LogP contribution in [0.1, 0.15) is 12.5 Å². The Balaban J connectivity index is 3.28. The lowest BCUT2D eigenvalue weighted by atomic mass is 10.2. The highest BCUT2D eigenvalue weighted by atomic mass is 32.2. The van der Waals surface area contributed by atoms with Crippen molar-refractivity contribution >= 4 is 27.5 Å². The highest BCUT2D eigenvalue weighted by Crippen LogP contribution is 2.25. The second-order valence-corrected chi connectivity index (χ2v) is 7.33. The molecule has 0 saturated carbocycles. The van der Waals surface area contributed by atoms with Crippen LogP contribution in [0.4, 0.5) is 10.1 Å². The topological polar surface area (TPSA) is 63.4 Å². The fourth-order valence-electron chi connectivity index (χ4n) is 1.68. The standard InChI is InChI=1S/C12H19FN2O2S2/c1-8(7-18-4)15(3)19(16,17)12-6-10(14)5-11(13)9(12)2/h5-6,8H,7,14H2,1-4H3. The van der Waals surface area contributed by atoms with Gasteiger partial charge in [-0.2, -0.15) is 16.1 Å². The van der Waals surface area contributed by atoms with E-state index in [1.165, 1.54) is 24.3 Å². The Kier molecular flexibility index (Phi) is 5.23. The van der Waals surface area contributed by atoms with Crippen LogP contribution in [0.5, 0.6) is 0 Å². The number of nitrogens with zero attached hydrogens (tertiary/aromatic N) is 1. The Morgan fingerprint density at radius 1 is 1.47 bits per heavy atom. The largest absolute Gasteiger partial charge is 0.399 e. The molecule has 108 valence electrons. The van der Waals surface area contributed by atoms with Gasteiger partial charge in [-0.3, -0.25) is 0 Å². The molecule has 2 N–H and O–H groups in total. The van der Waals surface area contributed by atoms with Crippen LogP contribution < -0.4 is 5.73 Å². The summed E-state index contributed by atoms with van der Waals surface area (Å²) in [4.78, 5) is -0.0690. The van der Waals surface area contributed by atoms with E-state index in [0.29, 0.717) is 5.75 Å². The fourth-order valence-corrected chi connectivity index (χ4v) is 4.11. The quantitative estimate of drug-likeness (QED) is 0.846. The highest BCUT2D eigenvalue weighted by molar-refractivity contribution is 7.98. The zero-order valence-corrected chi connectivity index (χ0v) is 13.1. The van der Waals surface area contributed by atoms with Crippen LogP contribution >= 0.6 is 11.8 Å². The molecule has 4 nitrogen and oxygen atoms in total. The van der Waals surface area contributed by atoms with Crippen LogP contribution in [0.2, 0.25) is 0 Å². The summed E-state index contributed by atoms with van der Waals surface area (Å²) in [5.41, 5.74) is 5.73. The molecule has 0 heterocycles. The van der Waals surface area contributed by atoms with Gasteiger partial charge >= 0.3 is 0 Å². The van der Waals surface area contributed by atoms with E-state index in [1.807, 2.05) is 13.2 Å². The number of anilines is 1. The minimum atomic E-state index is -3.74. The van der Waals surface area contributed by atoms with Crippen LogP contribution in [0.15, 0.2) is 17.0 Å². The molecule has 0 spiro atoms. The van der Waals surface area contributed by atoms with Gasteiger partial charge in [-0.15, -0.1) is 0 Å². The van der Waals surface area contributed by atoms with Gasteiger partial charge in [0.15, 0.2) is 0 Å². The highest BCUT2D eigenvalue weighted by Gasteiger charge is 2.28. The van der Waals surface area contributed by atoms with Crippen molar-refractivity contribution in [2.45, 2.75) is 24.8 Å². The summed E-state index contributed by atoms with van der Waals surface area (Å²) in [6.07, 6.45) is 1.91. The third kappa shape index (κ3) is 3.40. The lowest BCUT2D eigenvalue weighted by molar-refractivity contribution is 0.414. The van der Waals surface area contributed by atoms with Crippen LogP contribution in [0.3, 0.4) is 0 Å². The first-order valence-corrected chi connectivity index (χ1v) is 8.57. The van der Waals surface area contributed by atoms with Crippen molar-refractivity contribution in [2.24, 2.45) is 0 Å². The predicted octanol–water partition coefficient (Wildman–Crippen LogP) is 2.09. The normalized spacial score (nSPS) is 13.8. The van der Waals surface area contributed by atoms with E-state index in [4.69, 9.17) is 5.73 Å². The summed E-state index contributed by atoms with van der Waals surface area (Å²) < 4.78 is 39.8. The number of hydrogen-bond donors (Lipinski definition) is 1. The molecule has 7 heteroatoms. The molecule has 0 fully saturated rings. The molecule has 1 aromatic rings. The minimum Gasteiger partial charge on any atom is -0.399 e. The lowest BCUT2D eigenvalue weighted by Crippen LogP contribution is -2.37. The molecule has 0 aliphatic carbocycles. The molecule has 1 unspecified atom stereocenters. The van der Waals surface area contributed by atoms with Crippen molar-refractivity contribution < 1.29 is 12.8 Å². The number of nitrogens with two attached hydrogens (primary N) is 1. The summed E-state index contributed by atoms with van der Waals surface area (Å²) in [6.45, 7) is 3.25. The fraction of sp³-hybridized carbons (Fsp3) is 0.500. The van der Waals surface area contributed by atoms with Crippen LogP contribution in [-0.2, 0) is 10.0 Å². The van der Waals surface area contributed by atoms with Gasteiger partial charge in [0.05, 0.1) is 4.90 Å². The van der Waals surface area contributed by atoms with Gasteiger partial charge in [-0.1, -0.05) is 0 Å². The van der Waals surface area contributed by atoms with Crippen LogP contribution in [0, 0.1) is 12.7 Å². The third-order valence-electron chi connectivity index (χ3n) is 3.00. The zero-order chi connectivity index (χ0) is 14.8.